The SMILES string of the molecule is CN(CC(O)CNC(C)(C)CCCc1ccccc1F)S(=O)(=O)c1cc(CCCC(=O)O)c(C(F)(F)F)s1. The minimum Gasteiger partial charge on any atom is -0.481 e. The number of hydrogen-bond donors (Lipinski definition) is 3. The molecule has 0 radical (unpaired) electrons. The highest BCUT2D eigenvalue weighted by Crippen LogP contribution is 2.40. The largest absolute Gasteiger partial charge is 0.481 e. The third-order valence-electron chi connectivity index (χ3n) is 6.03. The molecule has 0 aliphatic heterocycles. The summed E-state index contributed by atoms with van der Waals surface area (Å²) in [6.45, 7) is 3.48. The van der Waals surface area contributed by atoms with Crippen molar-refractivity contribution in [1.82, 2.24) is 9.62 Å². The van der Waals surface area contributed by atoms with Crippen LogP contribution in [-0.4, -0.2) is 60.7 Å². The van der Waals surface area contributed by atoms with Crippen LogP contribution in [0.15, 0.2) is 34.5 Å². The molecule has 214 valence electrons. The molecule has 0 aliphatic rings. The molecule has 7 nitrogen and oxygen atoms in total. The predicted molar refractivity (Wildman–Crippen MR) is 137 cm³/mol. The molecule has 0 saturated heterocycles. The van der Waals surface area contributed by atoms with Crippen LogP contribution in [0.4, 0.5) is 17.6 Å². The lowest BCUT2D eigenvalue weighted by atomic mass is 9.95. The third kappa shape index (κ3) is 9.60. The van der Waals surface area contributed by atoms with E-state index in [1.165, 1.54) is 13.1 Å². The van der Waals surface area contributed by atoms with Crippen molar-refractivity contribution in [3.05, 3.63) is 52.2 Å². The van der Waals surface area contributed by atoms with Gasteiger partial charge in [-0.2, -0.15) is 17.5 Å². The first-order valence-electron chi connectivity index (χ1n) is 12.1. The number of aliphatic hydroxyl groups excluding tert-OH is 1. The van der Waals surface area contributed by atoms with E-state index in [1.54, 1.807) is 18.2 Å². The number of likely N-dealkylation sites (N-methyl/N-ethyl adjacent to an activating group) is 1. The molecule has 0 aliphatic carbocycles. The number of nitrogens with zero attached hydrogens (tertiary/aromatic N) is 1. The van der Waals surface area contributed by atoms with Gasteiger partial charge >= 0.3 is 12.1 Å². The maximum absolute atomic E-state index is 13.8. The van der Waals surface area contributed by atoms with Crippen molar-refractivity contribution < 1.29 is 41.0 Å². The van der Waals surface area contributed by atoms with Gasteiger partial charge in [-0.25, -0.2) is 12.8 Å². The molecule has 3 N–H and O–H groups in total. The number of benzene rings is 1. The van der Waals surface area contributed by atoms with Crippen LogP contribution in [0.5, 0.6) is 0 Å². The fourth-order valence-electron chi connectivity index (χ4n) is 3.90. The van der Waals surface area contributed by atoms with Gasteiger partial charge in [0, 0.05) is 32.1 Å². The number of aryl methyl sites for hydroxylation is 2. The number of aliphatic hydroxyl groups is 1. The number of sulfonamides is 1. The molecule has 1 unspecified atom stereocenters. The minimum absolute atomic E-state index is 0.0330. The standard InChI is InChI=1S/C25H34F4N2O5S2/c1-24(2,13-7-10-17-8-4-5-11-20(17)26)30-15-19(32)16-31(3)38(35,36)22-14-18(9-6-12-21(33)34)23(37-22)25(27,28)29/h4-5,8,11,14,19,30,32H,6-7,9-10,12-13,15-16H2,1-3H3,(H,33,34). The van der Waals surface area contributed by atoms with Crippen molar-refractivity contribution >= 4 is 27.3 Å². The molecule has 2 rings (SSSR count). The number of thiophene rings is 1. The fraction of sp³-hybridized carbons (Fsp3) is 0.560. The summed E-state index contributed by atoms with van der Waals surface area (Å²) in [6.07, 6.45) is -4.68. The molecular weight excluding hydrogens is 548 g/mol. The Hall–Kier alpha value is -2.06. The molecule has 0 amide bonds. The summed E-state index contributed by atoms with van der Waals surface area (Å²) in [5.41, 5.74) is -0.0956. The number of hydrogen-bond acceptors (Lipinski definition) is 6. The molecule has 0 spiro atoms. The maximum Gasteiger partial charge on any atom is 0.425 e. The first kappa shape index (κ1) is 32.2. The normalized spacial score (nSPS) is 13.7. The van der Waals surface area contributed by atoms with Gasteiger partial charge in [0.2, 0.25) is 0 Å². The summed E-state index contributed by atoms with van der Waals surface area (Å²) >= 11 is 0.0875. The minimum atomic E-state index is -4.78. The molecule has 0 bridgehead atoms. The zero-order valence-electron chi connectivity index (χ0n) is 21.5. The van der Waals surface area contributed by atoms with Crippen molar-refractivity contribution in [2.45, 2.75) is 74.4 Å². The van der Waals surface area contributed by atoms with Crippen molar-refractivity contribution in [3.63, 3.8) is 0 Å². The molecule has 0 saturated carbocycles. The van der Waals surface area contributed by atoms with Crippen molar-refractivity contribution in [2.24, 2.45) is 0 Å². The van der Waals surface area contributed by atoms with Gasteiger partial charge in [-0.1, -0.05) is 18.2 Å². The van der Waals surface area contributed by atoms with Crippen LogP contribution in [0.2, 0.25) is 0 Å². The highest BCUT2D eigenvalue weighted by Gasteiger charge is 2.38. The fourth-order valence-corrected chi connectivity index (χ4v) is 6.73. The van der Waals surface area contributed by atoms with Gasteiger partial charge in [0.05, 0.1) is 6.10 Å². The highest BCUT2D eigenvalue weighted by molar-refractivity contribution is 7.91. The number of carboxylic acids is 1. The quantitative estimate of drug-likeness (QED) is 0.263. The Labute approximate surface area is 224 Å². The number of nitrogens with one attached hydrogen (secondary N) is 1. The Morgan fingerprint density at radius 1 is 1.13 bits per heavy atom. The third-order valence-corrected chi connectivity index (χ3v) is 9.53. The molecule has 1 heterocycles. The van der Waals surface area contributed by atoms with Gasteiger partial charge in [0.25, 0.3) is 10.0 Å². The lowest BCUT2D eigenvalue weighted by molar-refractivity contribution is -0.137. The zero-order chi connectivity index (χ0) is 28.7. The summed E-state index contributed by atoms with van der Waals surface area (Å²) in [5.74, 6) is -1.42. The van der Waals surface area contributed by atoms with Crippen LogP contribution in [0.25, 0.3) is 0 Å². The van der Waals surface area contributed by atoms with E-state index in [1.807, 2.05) is 13.8 Å². The van der Waals surface area contributed by atoms with Crippen LogP contribution < -0.4 is 5.32 Å². The first-order chi connectivity index (χ1) is 17.5. The van der Waals surface area contributed by atoms with Gasteiger partial charge < -0.3 is 15.5 Å². The Balaban J connectivity index is 1.96. The maximum atomic E-state index is 13.8. The average Bonchev–Trinajstić information content (AvgIpc) is 3.24. The number of rotatable bonds is 15. The topological polar surface area (TPSA) is 107 Å². The van der Waals surface area contributed by atoms with Crippen LogP contribution in [0.1, 0.15) is 55.5 Å². The molecule has 1 aromatic carbocycles. The Kier molecular flexibility index (Phi) is 11.3. The van der Waals surface area contributed by atoms with E-state index in [9.17, 15) is 35.9 Å². The Bertz CT molecular complexity index is 1180. The number of halogens is 4. The van der Waals surface area contributed by atoms with Crippen molar-refractivity contribution in [3.8, 4) is 0 Å². The van der Waals surface area contributed by atoms with Crippen LogP contribution in [-0.2, 0) is 33.8 Å². The summed E-state index contributed by atoms with van der Waals surface area (Å²) in [7, 11) is -3.15. The van der Waals surface area contributed by atoms with E-state index in [4.69, 9.17) is 5.11 Å². The Morgan fingerprint density at radius 3 is 2.37 bits per heavy atom. The summed E-state index contributed by atoms with van der Waals surface area (Å²) in [4.78, 5) is 9.63. The summed E-state index contributed by atoms with van der Waals surface area (Å²) in [5, 5.41) is 22.3. The van der Waals surface area contributed by atoms with Gasteiger partial charge in [-0.05, 0) is 69.2 Å². The molecule has 38 heavy (non-hydrogen) atoms. The lowest BCUT2D eigenvalue weighted by Gasteiger charge is -2.29. The van der Waals surface area contributed by atoms with E-state index in [0.717, 1.165) is 10.4 Å². The number of alkyl halides is 3. The molecule has 2 aromatic rings. The molecule has 0 fully saturated rings. The van der Waals surface area contributed by atoms with Crippen LogP contribution >= 0.6 is 11.3 Å². The van der Waals surface area contributed by atoms with Gasteiger partial charge in [-0.15, -0.1) is 11.3 Å². The van der Waals surface area contributed by atoms with E-state index >= 15 is 0 Å². The second kappa shape index (κ2) is 13.3. The van der Waals surface area contributed by atoms with E-state index in [0.29, 0.717) is 24.8 Å². The second-order valence-electron chi connectivity index (χ2n) is 9.81. The number of carboxylic acid groups (broad SMARTS) is 1. The zero-order valence-corrected chi connectivity index (χ0v) is 23.1. The average molecular weight is 583 g/mol. The number of aliphatic carboxylic acids is 1. The molecule has 13 heteroatoms. The second-order valence-corrected chi connectivity index (χ2v) is 13.1. The summed E-state index contributed by atoms with van der Waals surface area (Å²) in [6, 6.07) is 7.45. The van der Waals surface area contributed by atoms with Crippen molar-refractivity contribution in [1.29, 1.82) is 0 Å². The highest BCUT2D eigenvalue weighted by atomic mass is 32.2. The van der Waals surface area contributed by atoms with Gasteiger partial charge in [0.15, 0.2) is 0 Å². The smallest absolute Gasteiger partial charge is 0.425 e. The van der Waals surface area contributed by atoms with E-state index in [2.05, 4.69) is 5.32 Å². The van der Waals surface area contributed by atoms with Crippen LogP contribution in [0, 0.1) is 5.82 Å². The lowest BCUT2D eigenvalue weighted by Crippen LogP contribution is -2.46. The first-order valence-corrected chi connectivity index (χ1v) is 14.3. The summed E-state index contributed by atoms with van der Waals surface area (Å²) < 4.78 is 80.4. The Morgan fingerprint density at radius 2 is 1.76 bits per heavy atom. The van der Waals surface area contributed by atoms with E-state index in [-0.39, 0.29) is 55.1 Å². The number of carbonyl (C=O) groups is 1. The van der Waals surface area contributed by atoms with Crippen LogP contribution in [0.3, 0.4) is 0 Å². The molecule has 1 aromatic heterocycles. The predicted octanol–water partition coefficient (Wildman–Crippen LogP) is 4.69. The molecular formula is C25H34F4N2O5S2. The number of β-amino-alcohol motifs (C(OH)–C–C–N with tert-alkyl or cyclic N) is 1. The van der Waals surface area contributed by atoms with Gasteiger partial charge in [-0.3, -0.25) is 4.79 Å². The molecule has 1 atom stereocenters. The van der Waals surface area contributed by atoms with Crippen molar-refractivity contribution in [2.75, 3.05) is 20.1 Å². The van der Waals surface area contributed by atoms with E-state index < -0.39 is 42.9 Å². The van der Waals surface area contributed by atoms with Gasteiger partial charge in [0.1, 0.15) is 14.9 Å². The monoisotopic (exact) mass is 582 g/mol.